The van der Waals surface area contributed by atoms with Crippen LogP contribution in [0.2, 0.25) is 0 Å². The van der Waals surface area contributed by atoms with Crippen molar-refractivity contribution in [3.8, 4) is 5.75 Å². The minimum absolute atomic E-state index is 0.117. The average Bonchev–Trinajstić information content (AvgIpc) is 2.39. The molecule has 0 N–H and O–H groups in total. The summed E-state index contributed by atoms with van der Waals surface area (Å²) in [5, 5.41) is 0. The van der Waals surface area contributed by atoms with Gasteiger partial charge in [-0.15, -0.1) is 0 Å². The fourth-order valence-electron chi connectivity index (χ4n) is 1.43. The fourth-order valence-corrected chi connectivity index (χ4v) is 1.43. The van der Waals surface area contributed by atoms with Crippen LogP contribution in [0.3, 0.4) is 0 Å². The monoisotopic (exact) mass is 244 g/mol. The number of esters is 1. The lowest BCUT2D eigenvalue weighted by Crippen LogP contribution is -2.08. The summed E-state index contributed by atoms with van der Waals surface area (Å²) in [6, 6.07) is 11.4. The maximum absolute atomic E-state index is 12.9. The first-order valence-electron chi connectivity index (χ1n) is 5.22. The molecule has 90 valence electrons. The highest BCUT2D eigenvalue weighted by molar-refractivity contribution is 5.91. The molecular formula is C14H9FO3. The van der Waals surface area contributed by atoms with E-state index in [1.807, 2.05) is 0 Å². The zero-order valence-corrected chi connectivity index (χ0v) is 9.30. The van der Waals surface area contributed by atoms with E-state index in [9.17, 15) is 14.0 Å². The summed E-state index contributed by atoms with van der Waals surface area (Å²) in [5.74, 6) is -0.933. The summed E-state index contributed by atoms with van der Waals surface area (Å²) >= 11 is 0. The lowest BCUT2D eigenvalue weighted by atomic mass is 10.2. The first kappa shape index (κ1) is 12.0. The molecule has 2 rings (SSSR count). The van der Waals surface area contributed by atoms with Crippen LogP contribution in [0.4, 0.5) is 4.39 Å². The molecule has 0 aliphatic carbocycles. The highest BCUT2D eigenvalue weighted by Gasteiger charge is 2.09. The number of ether oxygens (including phenoxy) is 1. The number of carbonyl (C=O) groups is 2. The molecule has 0 fully saturated rings. The number of carbonyl (C=O) groups excluding carboxylic acids is 2. The Hall–Kier alpha value is -2.49. The van der Waals surface area contributed by atoms with Gasteiger partial charge in [0.2, 0.25) is 0 Å². The molecule has 0 saturated carbocycles. The van der Waals surface area contributed by atoms with Crippen LogP contribution in [0.15, 0.2) is 48.5 Å². The third kappa shape index (κ3) is 2.79. The second-order valence-electron chi connectivity index (χ2n) is 3.59. The van der Waals surface area contributed by atoms with Gasteiger partial charge in [-0.1, -0.05) is 18.2 Å². The van der Waals surface area contributed by atoms with Crippen LogP contribution in [-0.4, -0.2) is 12.3 Å². The molecule has 0 bridgehead atoms. The van der Waals surface area contributed by atoms with Crippen molar-refractivity contribution in [2.45, 2.75) is 0 Å². The van der Waals surface area contributed by atoms with Crippen molar-refractivity contribution < 1.29 is 18.7 Å². The van der Waals surface area contributed by atoms with Crippen molar-refractivity contribution in [1.29, 1.82) is 0 Å². The van der Waals surface area contributed by atoms with E-state index in [1.54, 1.807) is 18.2 Å². The quantitative estimate of drug-likeness (QED) is 0.473. The van der Waals surface area contributed by atoms with E-state index in [4.69, 9.17) is 4.74 Å². The van der Waals surface area contributed by atoms with E-state index in [-0.39, 0.29) is 11.3 Å². The Balaban J connectivity index is 2.18. The van der Waals surface area contributed by atoms with Gasteiger partial charge in [-0.3, -0.25) is 4.79 Å². The molecule has 0 heterocycles. The highest BCUT2D eigenvalue weighted by Crippen LogP contribution is 2.14. The first-order valence-corrected chi connectivity index (χ1v) is 5.22. The lowest BCUT2D eigenvalue weighted by molar-refractivity contribution is 0.0733. The van der Waals surface area contributed by atoms with Crippen molar-refractivity contribution in [3.05, 3.63) is 65.5 Å². The number of hydrogen-bond acceptors (Lipinski definition) is 3. The molecule has 4 heteroatoms. The van der Waals surface area contributed by atoms with E-state index < -0.39 is 11.8 Å². The zero-order chi connectivity index (χ0) is 13.0. The second kappa shape index (κ2) is 5.23. The van der Waals surface area contributed by atoms with E-state index in [0.29, 0.717) is 11.8 Å². The summed E-state index contributed by atoms with van der Waals surface area (Å²) in [5.41, 5.74) is 0.519. The summed E-state index contributed by atoms with van der Waals surface area (Å²) in [6.07, 6.45) is 0.652. The molecule has 0 amide bonds. The molecule has 0 spiro atoms. The Kier molecular flexibility index (Phi) is 3.48. The van der Waals surface area contributed by atoms with Gasteiger partial charge in [-0.25, -0.2) is 9.18 Å². The Labute approximate surface area is 103 Å². The largest absolute Gasteiger partial charge is 0.423 e. The van der Waals surface area contributed by atoms with E-state index in [0.717, 1.165) is 6.07 Å². The standard InChI is InChI=1S/C14H9FO3/c15-12-5-2-4-11(8-12)14(17)18-13-6-1-3-10(7-13)9-16/h1-9H. The van der Waals surface area contributed by atoms with Crippen molar-refractivity contribution in [2.24, 2.45) is 0 Å². The van der Waals surface area contributed by atoms with Crippen molar-refractivity contribution in [1.82, 2.24) is 0 Å². The third-order valence-electron chi connectivity index (χ3n) is 2.27. The van der Waals surface area contributed by atoms with Crippen LogP contribution >= 0.6 is 0 Å². The van der Waals surface area contributed by atoms with Gasteiger partial charge in [0, 0.05) is 5.56 Å². The third-order valence-corrected chi connectivity index (χ3v) is 2.27. The Bertz CT molecular complexity index is 593. The topological polar surface area (TPSA) is 43.4 Å². The molecular weight excluding hydrogens is 235 g/mol. The fraction of sp³-hybridized carbons (Fsp3) is 0. The molecule has 0 aliphatic heterocycles. The molecule has 3 nitrogen and oxygen atoms in total. The summed E-state index contributed by atoms with van der Waals surface area (Å²) in [4.78, 5) is 22.3. The highest BCUT2D eigenvalue weighted by atomic mass is 19.1. The van der Waals surface area contributed by atoms with Gasteiger partial charge in [0.05, 0.1) is 5.56 Å². The van der Waals surface area contributed by atoms with Gasteiger partial charge >= 0.3 is 5.97 Å². The van der Waals surface area contributed by atoms with Gasteiger partial charge in [0.25, 0.3) is 0 Å². The number of halogens is 1. The van der Waals surface area contributed by atoms with Crippen molar-refractivity contribution in [2.75, 3.05) is 0 Å². The number of rotatable bonds is 3. The molecule has 2 aromatic carbocycles. The van der Waals surface area contributed by atoms with Crippen LogP contribution in [0.1, 0.15) is 20.7 Å². The maximum Gasteiger partial charge on any atom is 0.343 e. The molecule has 2 aromatic rings. The van der Waals surface area contributed by atoms with Gasteiger partial charge in [-0.05, 0) is 30.3 Å². The number of benzene rings is 2. The Morgan fingerprint density at radius 2 is 1.89 bits per heavy atom. The van der Waals surface area contributed by atoms with Gasteiger partial charge in [-0.2, -0.15) is 0 Å². The maximum atomic E-state index is 12.9. The number of aldehydes is 1. The minimum atomic E-state index is -0.669. The Morgan fingerprint density at radius 3 is 2.61 bits per heavy atom. The van der Waals surface area contributed by atoms with Gasteiger partial charge in [0.15, 0.2) is 0 Å². The van der Waals surface area contributed by atoms with Crippen LogP contribution in [0.25, 0.3) is 0 Å². The SMILES string of the molecule is O=Cc1cccc(OC(=O)c2cccc(F)c2)c1. The summed E-state index contributed by atoms with van der Waals surface area (Å²) in [7, 11) is 0. The number of hydrogen-bond donors (Lipinski definition) is 0. The lowest BCUT2D eigenvalue weighted by Gasteiger charge is -2.04. The van der Waals surface area contributed by atoms with Crippen LogP contribution in [0.5, 0.6) is 5.75 Å². The second-order valence-corrected chi connectivity index (χ2v) is 3.59. The predicted octanol–water partition coefficient (Wildman–Crippen LogP) is 2.86. The van der Waals surface area contributed by atoms with Gasteiger partial charge in [0.1, 0.15) is 17.9 Å². The van der Waals surface area contributed by atoms with Crippen LogP contribution in [-0.2, 0) is 0 Å². The zero-order valence-electron chi connectivity index (χ0n) is 9.30. The van der Waals surface area contributed by atoms with E-state index in [1.165, 1.54) is 24.3 Å². The first-order chi connectivity index (χ1) is 8.69. The van der Waals surface area contributed by atoms with Crippen LogP contribution in [0, 0.1) is 5.82 Å². The molecule has 0 aromatic heterocycles. The Morgan fingerprint density at radius 1 is 1.11 bits per heavy atom. The molecule has 0 atom stereocenters. The van der Waals surface area contributed by atoms with E-state index in [2.05, 4.69) is 0 Å². The van der Waals surface area contributed by atoms with Crippen molar-refractivity contribution in [3.63, 3.8) is 0 Å². The predicted molar refractivity (Wildman–Crippen MR) is 63.2 cm³/mol. The van der Waals surface area contributed by atoms with Crippen molar-refractivity contribution >= 4 is 12.3 Å². The summed E-state index contributed by atoms with van der Waals surface area (Å²) in [6.45, 7) is 0. The summed E-state index contributed by atoms with van der Waals surface area (Å²) < 4.78 is 18.0. The molecule has 0 unspecified atom stereocenters. The van der Waals surface area contributed by atoms with E-state index >= 15 is 0 Å². The molecule has 18 heavy (non-hydrogen) atoms. The molecule has 0 radical (unpaired) electrons. The average molecular weight is 244 g/mol. The normalized spacial score (nSPS) is 9.83. The minimum Gasteiger partial charge on any atom is -0.423 e. The van der Waals surface area contributed by atoms with Crippen LogP contribution < -0.4 is 4.74 Å². The smallest absolute Gasteiger partial charge is 0.343 e. The molecule has 0 aliphatic rings. The molecule has 0 saturated heterocycles. The van der Waals surface area contributed by atoms with Gasteiger partial charge < -0.3 is 4.74 Å².